The molecule has 0 fully saturated rings. The Morgan fingerprint density at radius 2 is 2.38 bits per heavy atom. The second-order valence-corrected chi connectivity index (χ2v) is 4.03. The number of hydrogen-bond acceptors (Lipinski definition) is 2. The Kier molecular flexibility index (Phi) is 2.36. The van der Waals surface area contributed by atoms with Crippen molar-refractivity contribution in [3.8, 4) is 0 Å². The summed E-state index contributed by atoms with van der Waals surface area (Å²) in [4.78, 5) is 0. The molecule has 0 aliphatic heterocycles. The molecule has 0 saturated heterocycles. The quantitative estimate of drug-likeness (QED) is 0.728. The van der Waals surface area contributed by atoms with Gasteiger partial charge < -0.3 is 5.73 Å². The van der Waals surface area contributed by atoms with Crippen LogP contribution in [0.15, 0.2) is 0 Å². The van der Waals surface area contributed by atoms with Gasteiger partial charge in [0.2, 0.25) is 0 Å². The number of rotatable bonds is 3. The third-order valence-corrected chi connectivity index (χ3v) is 2.84. The number of nitrogens with two attached hydrogens (primary N) is 1. The first-order valence-electron chi connectivity index (χ1n) is 5.06. The van der Waals surface area contributed by atoms with Crippen LogP contribution in [0.25, 0.3) is 0 Å². The fraction of sp³-hybridized carbons (Fsp3) is 0.700. The van der Waals surface area contributed by atoms with E-state index in [9.17, 15) is 0 Å². The van der Waals surface area contributed by atoms with E-state index >= 15 is 0 Å². The van der Waals surface area contributed by atoms with Gasteiger partial charge in [-0.3, -0.25) is 5.10 Å². The Bertz CT molecular complexity index is 290. The van der Waals surface area contributed by atoms with Gasteiger partial charge in [0.1, 0.15) is 0 Å². The van der Waals surface area contributed by atoms with Gasteiger partial charge in [0.25, 0.3) is 0 Å². The van der Waals surface area contributed by atoms with Crippen LogP contribution in [0.2, 0.25) is 0 Å². The molecule has 3 N–H and O–H groups in total. The first kappa shape index (κ1) is 8.75. The number of hydrogen-bond donors (Lipinski definition) is 2. The lowest BCUT2D eigenvalue weighted by Gasteiger charge is -2.06. The molecule has 1 unspecified atom stereocenters. The maximum atomic E-state index is 5.60. The van der Waals surface area contributed by atoms with Gasteiger partial charge in [-0.1, -0.05) is 6.92 Å². The van der Waals surface area contributed by atoms with Crippen LogP contribution in [0.3, 0.4) is 0 Å². The fourth-order valence-corrected chi connectivity index (χ4v) is 1.97. The van der Waals surface area contributed by atoms with Gasteiger partial charge in [-0.05, 0) is 43.7 Å². The Labute approximate surface area is 78.7 Å². The molecule has 0 bridgehead atoms. The molecular weight excluding hydrogens is 162 g/mol. The molecule has 1 heterocycles. The zero-order valence-electron chi connectivity index (χ0n) is 8.14. The second-order valence-electron chi connectivity index (χ2n) is 4.03. The van der Waals surface area contributed by atoms with E-state index < -0.39 is 0 Å². The maximum Gasteiger partial charge on any atom is 0.0660 e. The molecule has 0 spiro atoms. The Morgan fingerprint density at radius 1 is 1.54 bits per heavy atom. The van der Waals surface area contributed by atoms with E-state index in [1.54, 1.807) is 0 Å². The molecule has 72 valence electrons. The molecule has 3 nitrogen and oxygen atoms in total. The summed E-state index contributed by atoms with van der Waals surface area (Å²) in [5.41, 5.74) is 9.68. The summed E-state index contributed by atoms with van der Waals surface area (Å²) < 4.78 is 0. The van der Waals surface area contributed by atoms with Gasteiger partial charge >= 0.3 is 0 Å². The fourth-order valence-electron chi connectivity index (χ4n) is 1.97. The van der Waals surface area contributed by atoms with Crippen molar-refractivity contribution >= 4 is 0 Å². The Morgan fingerprint density at radius 3 is 3.15 bits per heavy atom. The topological polar surface area (TPSA) is 54.7 Å². The molecule has 0 saturated carbocycles. The van der Waals surface area contributed by atoms with E-state index in [0.717, 1.165) is 13.0 Å². The monoisotopic (exact) mass is 179 g/mol. The SMILES string of the molecule is CC(CN)Cc1n[nH]c2c1CCC2. The minimum absolute atomic E-state index is 0.549. The van der Waals surface area contributed by atoms with E-state index in [2.05, 4.69) is 17.1 Å². The number of fused-ring (bicyclic) bond motifs is 1. The van der Waals surface area contributed by atoms with E-state index in [-0.39, 0.29) is 0 Å². The van der Waals surface area contributed by atoms with Gasteiger partial charge in [-0.25, -0.2) is 0 Å². The minimum Gasteiger partial charge on any atom is -0.330 e. The van der Waals surface area contributed by atoms with Crippen molar-refractivity contribution in [1.29, 1.82) is 0 Å². The van der Waals surface area contributed by atoms with Crippen molar-refractivity contribution in [1.82, 2.24) is 10.2 Å². The van der Waals surface area contributed by atoms with Crippen molar-refractivity contribution in [3.63, 3.8) is 0 Å². The standard InChI is InChI=1S/C10H17N3/c1-7(6-11)5-10-8-3-2-4-9(8)12-13-10/h7H,2-6,11H2,1H3,(H,12,13). The third kappa shape index (κ3) is 1.61. The van der Waals surface area contributed by atoms with Crippen molar-refractivity contribution in [2.24, 2.45) is 11.7 Å². The predicted molar refractivity (Wildman–Crippen MR) is 52.5 cm³/mol. The van der Waals surface area contributed by atoms with Gasteiger partial charge in [0, 0.05) is 5.69 Å². The van der Waals surface area contributed by atoms with Crippen molar-refractivity contribution in [2.45, 2.75) is 32.6 Å². The number of aryl methyl sites for hydroxylation is 1. The summed E-state index contributed by atoms with van der Waals surface area (Å²) >= 11 is 0. The van der Waals surface area contributed by atoms with Gasteiger partial charge in [0.05, 0.1) is 5.69 Å². The van der Waals surface area contributed by atoms with E-state index in [4.69, 9.17) is 5.73 Å². The molecule has 0 aromatic carbocycles. The minimum atomic E-state index is 0.549. The highest BCUT2D eigenvalue weighted by molar-refractivity contribution is 5.29. The highest BCUT2D eigenvalue weighted by Crippen LogP contribution is 2.24. The summed E-state index contributed by atoms with van der Waals surface area (Å²) in [7, 11) is 0. The predicted octanol–water partition coefficient (Wildman–Crippen LogP) is 1.04. The summed E-state index contributed by atoms with van der Waals surface area (Å²) in [5.74, 6) is 0.549. The zero-order valence-corrected chi connectivity index (χ0v) is 8.14. The van der Waals surface area contributed by atoms with Crippen LogP contribution in [0.5, 0.6) is 0 Å². The molecule has 1 aromatic heterocycles. The van der Waals surface area contributed by atoms with Crippen molar-refractivity contribution < 1.29 is 0 Å². The zero-order chi connectivity index (χ0) is 9.26. The van der Waals surface area contributed by atoms with Crippen molar-refractivity contribution in [3.05, 3.63) is 17.0 Å². The van der Waals surface area contributed by atoms with Crippen LogP contribution < -0.4 is 5.73 Å². The summed E-state index contributed by atoms with van der Waals surface area (Å²) in [5, 5.41) is 7.47. The van der Waals surface area contributed by atoms with E-state index in [1.807, 2.05) is 0 Å². The van der Waals surface area contributed by atoms with Crippen LogP contribution in [-0.4, -0.2) is 16.7 Å². The average molecular weight is 179 g/mol. The summed E-state index contributed by atoms with van der Waals surface area (Å²) in [6.07, 6.45) is 4.70. The normalized spacial score (nSPS) is 17.4. The number of H-pyrrole nitrogens is 1. The van der Waals surface area contributed by atoms with Crippen LogP contribution in [-0.2, 0) is 19.3 Å². The van der Waals surface area contributed by atoms with Crippen LogP contribution >= 0.6 is 0 Å². The molecule has 1 aliphatic carbocycles. The van der Waals surface area contributed by atoms with Gasteiger partial charge in [-0.2, -0.15) is 5.10 Å². The highest BCUT2D eigenvalue weighted by Gasteiger charge is 2.18. The van der Waals surface area contributed by atoms with E-state index in [1.165, 1.54) is 36.2 Å². The Hall–Kier alpha value is -0.830. The lowest BCUT2D eigenvalue weighted by molar-refractivity contribution is 0.579. The van der Waals surface area contributed by atoms with Gasteiger partial charge in [-0.15, -0.1) is 0 Å². The molecule has 13 heavy (non-hydrogen) atoms. The molecule has 2 rings (SSSR count). The van der Waals surface area contributed by atoms with E-state index in [0.29, 0.717) is 5.92 Å². The molecule has 1 aromatic rings. The highest BCUT2D eigenvalue weighted by atomic mass is 15.1. The van der Waals surface area contributed by atoms with Crippen LogP contribution in [0.4, 0.5) is 0 Å². The van der Waals surface area contributed by atoms with Gasteiger partial charge in [0.15, 0.2) is 0 Å². The molecule has 0 amide bonds. The molecule has 1 atom stereocenters. The first-order chi connectivity index (χ1) is 6.31. The lowest BCUT2D eigenvalue weighted by atomic mass is 10.0. The number of nitrogens with zero attached hydrogens (tertiary/aromatic N) is 1. The van der Waals surface area contributed by atoms with Crippen LogP contribution in [0.1, 0.15) is 30.3 Å². The third-order valence-electron chi connectivity index (χ3n) is 2.84. The number of aromatic amines is 1. The largest absolute Gasteiger partial charge is 0.330 e. The molecular formula is C10H17N3. The molecule has 0 radical (unpaired) electrons. The Balaban J connectivity index is 2.12. The summed E-state index contributed by atoms with van der Waals surface area (Å²) in [6.45, 7) is 2.93. The van der Waals surface area contributed by atoms with Crippen molar-refractivity contribution in [2.75, 3.05) is 6.54 Å². The first-order valence-corrected chi connectivity index (χ1v) is 5.06. The maximum absolute atomic E-state index is 5.60. The smallest absolute Gasteiger partial charge is 0.0660 e. The molecule has 3 heteroatoms. The second kappa shape index (κ2) is 3.50. The molecule has 1 aliphatic rings. The number of aromatic nitrogens is 2. The average Bonchev–Trinajstić information content (AvgIpc) is 2.69. The van der Waals surface area contributed by atoms with Crippen LogP contribution in [0, 0.1) is 5.92 Å². The summed E-state index contributed by atoms with van der Waals surface area (Å²) in [6, 6.07) is 0. The number of nitrogens with one attached hydrogen (secondary N) is 1. The lowest BCUT2D eigenvalue weighted by Crippen LogP contribution is -2.14.